The van der Waals surface area contributed by atoms with Crippen molar-refractivity contribution in [2.75, 3.05) is 26.5 Å². The molecule has 0 aliphatic heterocycles. The first-order valence-corrected chi connectivity index (χ1v) is 12.3. The molecule has 1 aromatic heterocycles. The van der Waals surface area contributed by atoms with E-state index in [2.05, 4.69) is 20.7 Å². The molecule has 1 heterocycles. The van der Waals surface area contributed by atoms with Crippen molar-refractivity contribution in [3.63, 3.8) is 0 Å². The molecule has 14 heteroatoms. The van der Waals surface area contributed by atoms with Gasteiger partial charge in [0.25, 0.3) is 5.91 Å². The molecule has 0 unspecified atom stereocenters. The predicted molar refractivity (Wildman–Crippen MR) is 140 cm³/mol. The predicted octanol–water partition coefficient (Wildman–Crippen LogP) is -0.111. The van der Waals surface area contributed by atoms with Gasteiger partial charge in [0.05, 0.1) is 23.6 Å². The van der Waals surface area contributed by atoms with Crippen LogP contribution in [0.3, 0.4) is 0 Å². The number of pyridine rings is 1. The summed E-state index contributed by atoms with van der Waals surface area (Å²) in [5.74, 6) is 4.64. The van der Waals surface area contributed by atoms with Gasteiger partial charge in [-0.15, -0.1) is 5.10 Å². The van der Waals surface area contributed by atoms with E-state index in [1.54, 1.807) is 18.2 Å². The summed E-state index contributed by atoms with van der Waals surface area (Å²) in [5.41, 5.74) is 5.49. The summed E-state index contributed by atoms with van der Waals surface area (Å²) in [7, 11) is 4.42. The van der Waals surface area contributed by atoms with Gasteiger partial charge in [-0.25, -0.2) is 20.7 Å². The quantitative estimate of drug-likeness (QED) is 0.0897. The Morgan fingerprint density at radius 2 is 1.97 bits per heavy atom. The summed E-state index contributed by atoms with van der Waals surface area (Å²) in [6.45, 7) is -0.343. The Labute approximate surface area is 224 Å². The summed E-state index contributed by atoms with van der Waals surface area (Å²) in [6, 6.07) is 6.54. The first kappa shape index (κ1) is 27.6. The highest BCUT2D eigenvalue weighted by Gasteiger charge is 2.49. The van der Waals surface area contributed by atoms with Gasteiger partial charge in [0.2, 0.25) is 5.91 Å². The number of hydrazine groups is 1. The van der Waals surface area contributed by atoms with Crippen LogP contribution >= 0.6 is 0 Å². The van der Waals surface area contributed by atoms with Gasteiger partial charge in [-0.3, -0.25) is 14.2 Å². The van der Waals surface area contributed by atoms with Crippen LogP contribution in [0.1, 0.15) is 41.6 Å². The number of para-hydroxylation sites is 1. The minimum Gasteiger partial charge on any atom is -0.494 e. The van der Waals surface area contributed by atoms with E-state index in [1.807, 2.05) is 0 Å². The molecule has 14 nitrogen and oxygen atoms in total. The molecule has 0 spiro atoms. The molecular formula is C25H32N8O6. The number of amidine groups is 1. The highest BCUT2D eigenvalue weighted by Crippen LogP contribution is 2.36. The molecule has 2 saturated carbocycles. The molecule has 4 rings (SSSR count). The fourth-order valence-electron chi connectivity index (χ4n) is 3.74. The number of carbonyl (C=O) groups is 3. The third kappa shape index (κ3) is 6.35. The van der Waals surface area contributed by atoms with E-state index in [0.29, 0.717) is 24.1 Å². The van der Waals surface area contributed by atoms with Crippen LogP contribution < -0.4 is 32.3 Å². The number of hydrogen-bond donors (Lipinski definition) is 5. The molecule has 2 aliphatic carbocycles. The number of hydrazone groups is 1. The molecule has 0 saturated heterocycles. The fourth-order valence-corrected chi connectivity index (χ4v) is 3.74. The zero-order chi connectivity index (χ0) is 28.3. The standard InChI is InChI=1S/C25H32N8O6/c1-28-23(35)16-12-33(13-39-24(36)25(37)9-10-25)19(30-22(34)14-7-8-14)11-18(16)29-17-6-4-5-15(20(17)38-3)21(26)31-32(2)27/h4-6,11-12,14,37H,7-10,13,27H2,1-3H3,(H2,26,31)(H,28,35)(H,30,34). The minimum absolute atomic E-state index is 0.0860. The average Bonchev–Trinajstić information content (AvgIpc) is 3.83. The van der Waals surface area contributed by atoms with Gasteiger partial charge in [-0.2, -0.15) is 0 Å². The van der Waals surface area contributed by atoms with E-state index < -0.39 is 17.5 Å². The monoisotopic (exact) mass is 540 g/mol. The van der Waals surface area contributed by atoms with Crippen molar-refractivity contribution in [3.05, 3.63) is 46.9 Å². The zero-order valence-corrected chi connectivity index (χ0v) is 21.9. The van der Waals surface area contributed by atoms with Crippen molar-refractivity contribution in [2.45, 2.75) is 38.0 Å². The van der Waals surface area contributed by atoms with Crippen LogP contribution in [0.4, 0.5) is 11.5 Å². The van der Waals surface area contributed by atoms with E-state index >= 15 is 0 Å². The number of esters is 1. The zero-order valence-electron chi connectivity index (χ0n) is 21.9. The average molecular weight is 541 g/mol. The van der Waals surface area contributed by atoms with E-state index in [0.717, 1.165) is 18.0 Å². The SMILES string of the molecule is CNC(=O)c1cn(COC(=O)C2(O)CC2)c(NC(=O)C2CC2)cc1=Nc1cccc(/C(N)=N/N(C)N)c1OC. The van der Waals surface area contributed by atoms with E-state index in [1.165, 1.54) is 38.0 Å². The Balaban J connectivity index is 1.83. The molecule has 0 atom stereocenters. The Morgan fingerprint density at radius 1 is 1.26 bits per heavy atom. The number of aromatic nitrogens is 1. The number of nitrogens with zero attached hydrogens (tertiary/aromatic N) is 4. The minimum atomic E-state index is -1.48. The van der Waals surface area contributed by atoms with Crippen molar-refractivity contribution in [2.24, 2.45) is 27.6 Å². The molecule has 208 valence electrons. The van der Waals surface area contributed by atoms with E-state index in [9.17, 15) is 19.5 Å². The maximum absolute atomic E-state index is 12.9. The normalized spacial score (nSPS) is 16.3. The summed E-state index contributed by atoms with van der Waals surface area (Å²) in [6.07, 6.45) is 3.60. The number of nitrogens with two attached hydrogens (primary N) is 2. The van der Waals surface area contributed by atoms with Gasteiger partial charge in [-0.05, 0) is 37.8 Å². The smallest absolute Gasteiger partial charge is 0.339 e. The maximum atomic E-state index is 12.9. The van der Waals surface area contributed by atoms with Crippen molar-refractivity contribution in [3.8, 4) is 5.75 Å². The first-order chi connectivity index (χ1) is 18.6. The first-order valence-electron chi connectivity index (χ1n) is 12.3. The number of rotatable bonds is 10. The molecular weight excluding hydrogens is 508 g/mol. The molecule has 2 fully saturated rings. The maximum Gasteiger partial charge on any atom is 0.339 e. The lowest BCUT2D eigenvalue weighted by atomic mass is 10.1. The molecule has 2 amide bonds. The number of benzene rings is 1. The van der Waals surface area contributed by atoms with Crippen molar-refractivity contribution >= 4 is 35.1 Å². The summed E-state index contributed by atoms with van der Waals surface area (Å²) in [5, 5.41) is 20.7. The molecule has 1 aromatic carbocycles. The summed E-state index contributed by atoms with van der Waals surface area (Å²) in [4.78, 5) is 42.4. The van der Waals surface area contributed by atoms with Crippen LogP contribution in [0.15, 0.2) is 40.6 Å². The van der Waals surface area contributed by atoms with E-state index in [4.69, 9.17) is 21.1 Å². The lowest BCUT2D eigenvalue weighted by Gasteiger charge is -2.18. The highest BCUT2D eigenvalue weighted by molar-refractivity contribution is 6.01. The lowest BCUT2D eigenvalue weighted by molar-refractivity contribution is -0.159. The largest absolute Gasteiger partial charge is 0.494 e. The third-order valence-corrected chi connectivity index (χ3v) is 6.23. The number of hydrogen-bond acceptors (Lipinski definition) is 10. The van der Waals surface area contributed by atoms with Gasteiger partial charge in [-0.1, -0.05) is 6.07 Å². The Kier molecular flexibility index (Phi) is 7.88. The Bertz CT molecular complexity index is 1390. The van der Waals surface area contributed by atoms with Crippen molar-refractivity contribution < 1.29 is 29.0 Å². The summed E-state index contributed by atoms with van der Waals surface area (Å²) >= 11 is 0. The second-order valence-corrected chi connectivity index (χ2v) is 9.39. The van der Waals surface area contributed by atoms with Gasteiger partial charge in [0, 0.05) is 32.3 Å². The van der Waals surface area contributed by atoms with Gasteiger partial charge in [0.15, 0.2) is 23.9 Å². The van der Waals surface area contributed by atoms with Crippen LogP contribution in [-0.2, 0) is 21.1 Å². The molecule has 39 heavy (non-hydrogen) atoms. The second-order valence-electron chi connectivity index (χ2n) is 9.39. The molecule has 7 N–H and O–H groups in total. The molecule has 2 aromatic rings. The molecule has 2 aliphatic rings. The van der Waals surface area contributed by atoms with E-state index in [-0.39, 0.29) is 46.9 Å². The fraction of sp³-hybridized carbons (Fsp3) is 0.400. The van der Waals surface area contributed by atoms with Crippen molar-refractivity contribution in [1.29, 1.82) is 0 Å². The Morgan fingerprint density at radius 3 is 2.56 bits per heavy atom. The van der Waals surface area contributed by atoms with Gasteiger partial charge in [0.1, 0.15) is 11.5 Å². The van der Waals surface area contributed by atoms with Gasteiger partial charge < -0.3 is 30.9 Å². The number of carbonyl (C=O) groups excluding carboxylic acids is 3. The van der Waals surface area contributed by atoms with Crippen LogP contribution in [0.5, 0.6) is 5.75 Å². The molecule has 0 bridgehead atoms. The Hall–Kier alpha value is -4.43. The third-order valence-electron chi connectivity index (χ3n) is 6.23. The number of ether oxygens (including phenoxy) is 2. The lowest BCUT2D eigenvalue weighted by Crippen LogP contribution is -2.31. The van der Waals surface area contributed by atoms with Crippen LogP contribution in [0.2, 0.25) is 0 Å². The molecule has 0 radical (unpaired) electrons. The van der Waals surface area contributed by atoms with Crippen LogP contribution in [0, 0.1) is 5.92 Å². The van der Waals surface area contributed by atoms with Crippen LogP contribution in [0.25, 0.3) is 0 Å². The van der Waals surface area contributed by atoms with Gasteiger partial charge >= 0.3 is 5.97 Å². The number of aliphatic hydroxyl groups is 1. The van der Waals surface area contributed by atoms with Crippen LogP contribution in [-0.4, -0.2) is 65.2 Å². The number of nitrogens with one attached hydrogen (secondary N) is 2. The second kappa shape index (κ2) is 11.1. The number of anilines is 1. The summed E-state index contributed by atoms with van der Waals surface area (Å²) < 4.78 is 12.3. The van der Waals surface area contributed by atoms with Crippen molar-refractivity contribution in [1.82, 2.24) is 15.0 Å². The number of methoxy groups -OCH3 is 1. The number of amides is 2. The topological polar surface area (TPSA) is 199 Å². The highest BCUT2D eigenvalue weighted by atomic mass is 16.6.